The number of rotatable bonds is 6. The largest absolute Gasteiger partial charge is 0.489 e. The molecule has 2 aliphatic rings. The summed E-state index contributed by atoms with van der Waals surface area (Å²) < 4.78 is 8.27. The third-order valence-corrected chi connectivity index (χ3v) is 6.51. The molecular formula is C26H32N4O2. The Labute approximate surface area is 189 Å². The molecule has 0 spiro atoms. The molecule has 0 bridgehead atoms. The van der Waals surface area contributed by atoms with Crippen molar-refractivity contribution in [3.63, 3.8) is 0 Å². The number of hydrogen-bond donors (Lipinski definition) is 0. The number of fused-ring (bicyclic) bond motifs is 1. The van der Waals surface area contributed by atoms with E-state index in [1.807, 2.05) is 53.7 Å². The maximum Gasteiger partial charge on any atom is 0.253 e. The summed E-state index contributed by atoms with van der Waals surface area (Å²) in [5, 5.41) is 1.05. The average Bonchev–Trinajstić information content (AvgIpc) is 3.17. The molecule has 0 atom stereocenters. The number of ether oxygens (including phenoxy) is 1. The van der Waals surface area contributed by atoms with E-state index >= 15 is 0 Å². The molecule has 0 N–H and O–H groups in total. The summed E-state index contributed by atoms with van der Waals surface area (Å²) in [5.41, 5.74) is 1.80. The first-order valence-corrected chi connectivity index (χ1v) is 11.8. The van der Waals surface area contributed by atoms with Crippen LogP contribution in [0.3, 0.4) is 0 Å². The fourth-order valence-corrected chi connectivity index (χ4v) is 4.68. The second-order valence-corrected chi connectivity index (χ2v) is 9.47. The summed E-state index contributed by atoms with van der Waals surface area (Å²) in [6.45, 7) is 9.66. The highest BCUT2D eigenvalue weighted by Gasteiger charge is 2.22. The molecule has 2 aromatic heterocycles. The molecule has 1 aromatic carbocycles. The number of carbonyl (C=O) groups is 1. The number of amides is 1. The van der Waals surface area contributed by atoms with Crippen LogP contribution in [0.2, 0.25) is 0 Å². The minimum atomic E-state index is 0.126. The number of nitrogens with zero attached hydrogens (tertiary/aromatic N) is 4. The average molecular weight is 433 g/mol. The molecule has 32 heavy (non-hydrogen) atoms. The van der Waals surface area contributed by atoms with Crippen molar-refractivity contribution in [1.82, 2.24) is 19.4 Å². The number of piperidine rings is 1. The first-order chi connectivity index (χ1) is 15.6. The van der Waals surface area contributed by atoms with Crippen LogP contribution >= 0.6 is 0 Å². The van der Waals surface area contributed by atoms with Crippen LogP contribution in [0.4, 0.5) is 0 Å². The van der Waals surface area contributed by atoms with Crippen LogP contribution in [0, 0.1) is 5.92 Å². The van der Waals surface area contributed by atoms with Crippen LogP contribution in [0.25, 0.3) is 16.7 Å². The molecule has 2 fully saturated rings. The van der Waals surface area contributed by atoms with E-state index in [2.05, 4.69) is 28.3 Å². The summed E-state index contributed by atoms with van der Waals surface area (Å²) in [6, 6.07) is 12.0. The molecule has 6 nitrogen and oxygen atoms in total. The normalized spacial score (nSPS) is 17.7. The van der Waals surface area contributed by atoms with Gasteiger partial charge < -0.3 is 19.1 Å². The van der Waals surface area contributed by atoms with Crippen molar-refractivity contribution >= 4 is 16.8 Å². The van der Waals surface area contributed by atoms with Crippen LogP contribution in [0.15, 0.2) is 48.8 Å². The van der Waals surface area contributed by atoms with E-state index in [4.69, 9.17) is 4.74 Å². The summed E-state index contributed by atoms with van der Waals surface area (Å²) in [7, 11) is 0. The molecular weight excluding hydrogens is 400 g/mol. The van der Waals surface area contributed by atoms with Crippen molar-refractivity contribution in [3.05, 3.63) is 54.4 Å². The van der Waals surface area contributed by atoms with E-state index in [9.17, 15) is 4.79 Å². The minimum Gasteiger partial charge on any atom is -0.489 e. The smallest absolute Gasteiger partial charge is 0.253 e. The van der Waals surface area contributed by atoms with E-state index in [-0.39, 0.29) is 12.0 Å². The van der Waals surface area contributed by atoms with Gasteiger partial charge in [0.25, 0.3) is 5.91 Å². The lowest BCUT2D eigenvalue weighted by Crippen LogP contribution is -2.41. The second-order valence-electron chi connectivity index (χ2n) is 9.47. The van der Waals surface area contributed by atoms with Crippen molar-refractivity contribution in [1.29, 1.82) is 0 Å². The van der Waals surface area contributed by atoms with Gasteiger partial charge in [0.1, 0.15) is 17.7 Å². The van der Waals surface area contributed by atoms with Crippen molar-refractivity contribution in [2.24, 2.45) is 5.92 Å². The van der Waals surface area contributed by atoms with Crippen LogP contribution in [0.1, 0.15) is 43.5 Å². The Morgan fingerprint density at radius 1 is 1.09 bits per heavy atom. The number of likely N-dealkylation sites (tertiary alicyclic amines) is 2. The Hall–Kier alpha value is -2.86. The van der Waals surface area contributed by atoms with E-state index in [1.165, 1.54) is 6.54 Å². The van der Waals surface area contributed by atoms with Gasteiger partial charge in [-0.25, -0.2) is 4.98 Å². The predicted molar refractivity (Wildman–Crippen MR) is 127 cm³/mol. The first-order valence-electron chi connectivity index (χ1n) is 11.8. The predicted octanol–water partition coefficient (Wildman–Crippen LogP) is 4.37. The molecule has 6 heteroatoms. The van der Waals surface area contributed by atoms with Gasteiger partial charge in [0.05, 0.1) is 11.7 Å². The van der Waals surface area contributed by atoms with E-state index < -0.39 is 0 Å². The molecule has 4 heterocycles. The van der Waals surface area contributed by atoms with Gasteiger partial charge in [0.2, 0.25) is 0 Å². The Morgan fingerprint density at radius 2 is 1.91 bits per heavy atom. The number of aromatic nitrogens is 2. The van der Waals surface area contributed by atoms with Gasteiger partial charge in [-0.2, -0.15) is 0 Å². The molecule has 1 amide bonds. The van der Waals surface area contributed by atoms with Gasteiger partial charge in [-0.3, -0.25) is 4.79 Å². The topological polar surface area (TPSA) is 50.6 Å². The number of benzene rings is 1. The highest BCUT2D eigenvalue weighted by Crippen LogP contribution is 2.24. The van der Waals surface area contributed by atoms with Crippen molar-refractivity contribution < 1.29 is 9.53 Å². The zero-order chi connectivity index (χ0) is 22.1. The van der Waals surface area contributed by atoms with Crippen LogP contribution in [-0.2, 0) is 0 Å². The quantitative estimate of drug-likeness (QED) is 0.580. The van der Waals surface area contributed by atoms with Gasteiger partial charge in [-0.1, -0.05) is 13.8 Å². The Morgan fingerprint density at radius 3 is 2.56 bits per heavy atom. The maximum absolute atomic E-state index is 12.5. The third kappa shape index (κ3) is 4.37. The molecule has 168 valence electrons. The summed E-state index contributed by atoms with van der Waals surface area (Å²) in [4.78, 5) is 21.6. The van der Waals surface area contributed by atoms with Crippen molar-refractivity contribution in [3.8, 4) is 11.6 Å². The van der Waals surface area contributed by atoms with Crippen molar-refractivity contribution in [2.45, 2.75) is 39.2 Å². The molecule has 0 saturated carbocycles. The zero-order valence-electron chi connectivity index (χ0n) is 19.0. The summed E-state index contributed by atoms with van der Waals surface area (Å²) in [6.07, 6.45) is 7.33. The molecule has 0 unspecified atom stereocenters. The molecule has 2 aliphatic heterocycles. The highest BCUT2D eigenvalue weighted by atomic mass is 16.5. The number of carbonyl (C=O) groups excluding carboxylic acids is 1. The standard InChI is InChI=1S/C26H32N4O2/c1-19(2)18-28-13-9-22(10-14-28)32-23-5-7-25(27-17-23)30-15-8-20-16-21(4-6-24(20)30)26(31)29-11-3-12-29/h4-8,15-17,19,22H,3,9-14,18H2,1-2H3. The van der Waals surface area contributed by atoms with Gasteiger partial charge >= 0.3 is 0 Å². The monoisotopic (exact) mass is 432 g/mol. The molecule has 0 aliphatic carbocycles. The van der Waals surface area contributed by atoms with Gasteiger partial charge in [0.15, 0.2) is 0 Å². The van der Waals surface area contributed by atoms with Crippen LogP contribution in [0.5, 0.6) is 5.75 Å². The van der Waals surface area contributed by atoms with Crippen molar-refractivity contribution in [2.75, 3.05) is 32.7 Å². The first kappa shape index (κ1) is 21.0. The fraction of sp³-hybridized carbons (Fsp3) is 0.462. The lowest BCUT2D eigenvalue weighted by Gasteiger charge is -2.33. The Bertz CT molecular complexity index is 1080. The lowest BCUT2D eigenvalue weighted by atomic mass is 10.1. The van der Waals surface area contributed by atoms with E-state index in [0.29, 0.717) is 5.92 Å². The fourth-order valence-electron chi connectivity index (χ4n) is 4.68. The molecule has 3 aromatic rings. The third-order valence-electron chi connectivity index (χ3n) is 6.51. The van der Waals surface area contributed by atoms with E-state index in [1.54, 1.807) is 0 Å². The Balaban J connectivity index is 1.24. The minimum absolute atomic E-state index is 0.126. The molecule has 5 rings (SSSR count). The van der Waals surface area contributed by atoms with E-state index in [0.717, 1.165) is 73.5 Å². The number of hydrogen-bond acceptors (Lipinski definition) is 4. The van der Waals surface area contributed by atoms with Gasteiger partial charge in [0, 0.05) is 49.9 Å². The van der Waals surface area contributed by atoms with Crippen LogP contribution < -0.4 is 4.74 Å². The molecule has 0 radical (unpaired) electrons. The molecule has 2 saturated heterocycles. The maximum atomic E-state index is 12.5. The van der Waals surface area contributed by atoms with Gasteiger partial charge in [-0.05, 0) is 61.6 Å². The lowest BCUT2D eigenvalue weighted by molar-refractivity contribution is 0.0652. The summed E-state index contributed by atoms with van der Waals surface area (Å²) >= 11 is 0. The summed E-state index contributed by atoms with van der Waals surface area (Å²) in [5.74, 6) is 2.51. The van der Waals surface area contributed by atoms with Crippen LogP contribution in [-0.4, -0.2) is 64.1 Å². The second kappa shape index (κ2) is 8.94. The number of pyridine rings is 1. The Kier molecular flexibility index (Phi) is 5.87. The zero-order valence-corrected chi connectivity index (χ0v) is 19.0. The highest BCUT2D eigenvalue weighted by molar-refractivity contribution is 5.98. The SMILES string of the molecule is CC(C)CN1CCC(Oc2ccc(-n3ccc4cc(C(=O)N5CCC5)ccc43)nc2)CC1. The van der Waals surface area contributed by atoms with Gasteiger partial charge in [-0.15, -0.1) is 0 Å².